The Kier molecular flexibility index (Phi) is 4.43. The Morgan fingerprint density at radius 2 is 2.00 bits per heavy atom. The number of amidine groups is 1. The summed E-state index contributed by atoms with van der Waals surface area (Å²) >= 11 is 6.13. The van der Waals surface area contributed by atoms with Gasteiger partial charge in [0.1, 0.15) is 17.7 Å². The monoisotopic (exact) mass is 430 g/mol. The van der Waals surface area contributed by atoms with Crippen molar-refractivity contribution >= 4 is 35.3 Å². The second-order valence-corrected chi connectivity index (χ2v) is 8.53. The van der Waals surface area contributed by atoms with Crippen LogP contribution in [0.25, 0.3) is 0 Å². The summed E-state index contributed by atoms with van der Waals surface area (Å²) in [5.41, 5.74) is 1.16. The van der Waals surface area contributed by atoms with Crippen molar-refractivity contribution in [2.45, 2.75) is 51.2 Å². The zero-order valence-electron chi connectivity index (χ0n) is 16.8. The van der Waals surface area contributed by atoms with Crippen molar-refractivity contribution < 1.29 is 18.5 Å². The number of rotatable bonds is 3. The molecule has 1 aromatic heterocycles. The fourth-order valence-corrected chi connectivity index (χ4v) is 5.03. The molecule has 30 heavy (non-hydrogen) atoms. The summed E-state index contributed by atoms with van der Waals surface area (Å²) in [6, 6.07) is 3.38. The van der Waals surface area contributed by atoms with Crippen LogP contribution in [-0.2, 0) is 11.3 Å². The Morgan fingerprint density at radius 1 is 1.27 bits per heavy atom. The molecule has 3 amide bonds. The first kappa shape index (κ1) is 19.2. The molecule has 1 saturated carbocycles. The lowest BCUT2D eigenvalue weighted by Gasteiger charge is -2.33. The zero-order valence-corrected chi connectivity index (χ0v) is 17.6. The van der Waals surface area contributed by atoms with Gasteiger partial charge in [-0.05, 0) is 44.7 Å². The largest absolute Gasteiger partial charge is 0.402 e. The van der Waals surface area contributed by atoms with Crippen LogP contribution < -0.4 is 4.57 Å². The topological polar surface area (TPSA) is 61.8 Å². The number of hydrogen-bond acceptors (Lipinski definition) is 3. The Morgan fingerprint density at radius 3 is 2.70 bits per heavy atom. The number of likely N-dealkylation sites (N-methyl/N-ethyl adjacent to an activating group) is 1. The minimum atomic E-state index is -0.741. The van der Waals surface area contributed by atoms with E-state index in [9.17, 15) is 14.0 Å². The van der Waals surface area contributed by atoms with Crippen molar-refractivity contribution in [3.05, 3.63) is 46.5 Å². The van der Waals surface area contributed by atoms with Crippen molar-refractivity contribution in [3.8, 4) is 0 Å². The zero-order chi connectivity index (χ0) is 21.2. The maximum Gasteiger partial charge on any atom is 0.402 e. The first-order valence-corrected chi connectivity index (χ1v) is 10.5. The van der Waals surface area contributed by atoms with Crippen molar-refractivity contribution in [1.82, 2.24) is 14.4 Å². The van der Waals surface area contributed by atoms with Gasteiger partial charge >= 0.3 is 12.0 Å². The van der Waals surface area contributed by atoms with Crippen LogP contribution in [0.4, 0.5) is 15.1 Å². The fourth-order valence-electron chi connectivity index (χ4n) is 4.80. The average Bonchev–Trinajstić information content (AvgIpc) is 3.41. The number of carbonyl (C=O) groups excluding carboxylic acids is 2. The molecule has 5 rings (SSSR count). The maximum absolute atomic E-state index is 14.3. The molecule has 1 aromatic carbocycles. The number of amides is 3. The third-order valence-corrected chi connectivity index (χ3v) is 6.67. The van der Waals surface area contributed by atoms with E-state index in [4.69, 9.17) is 16.6 Å². The molecule has 0 radical (unpaired) electrons. The van der Waals surface area contributed by atoms with E-state index in [1.54, 1.807) is 13.1 Å². The van der Waals surface area contributed by atoms with Crippen LogP contribution in [0.5, 0.6) is 0 Å². The number of aromatic nitrogens is 2. The number of hydrogen-bond donors (Lipinski definition) is 0. The number of halogens is 2. The molecule has 7 nitrogen and oxygen atoms in total. The Labute approximate surface area is 178 Å². The minimum absolute atomic E-state index is 0.123. The Bertz CT molecular complexity index is 1080. The van der Waals surface area contributed by atoms with Crippen molar-refractivity contribution in [1.29, 1.82) is 0 Å². The molecule has 156 valence electrons. The van der Waals surface area contributed by atoms with E-state index in [1.165, 1.54) is 29.9 Å². The second-order valence-electron chi connectivity index (χ2n) is 8.12. The molecule has 1 aliphatic carbocycles. The lowest BCUT2D eigenvalue weighted by atomic mass is 10.1. The van der Waals surface area contributed by atoms with Crippen LogP contribution in [0, 0.1) is 12.7 Å². The van der Waals surface area contributed by atoms with Gasteiger partial charge in [0.2, 0.25) is 11.9 Å². The normalized spacial score (nSPS) is 21.3. The quantitative estimate of drug-likeness (QED) is 0.697. The highest BCUT2D eigenvalue weighted by Crippen LogP contribution is 2.37. The molecular weight excluding hydrogens is 409 g/mol. The van der Waals surface area contributed by atoms with Crippen LogP contribution in [-0.4, -0.2) is 39.2 Å². The number of carbonyl (C=O) groups is 2. The van der Waals surface area contributed by atoms with Crippen LogP contribution >= 0.6 is 11.6 Å². The van der Waals surface area contributed by atoms with E-state index in [-0.39, 0.29) is 17.1 Å². The number of aliphatic imine (C=N–C) groups is 1. The minimum Gasteiger partial charge on any atom is -0.270 e. The predicted molar refractivity (Wildman–Crippen MR) is 108 cm³/mol. The van der Waals surface area contributed by atoms with Crippen molar-refractivity contribution in [2.24, 2.45) is 4.99 Å². The first-order valence-electron chi connectivity index (χ1n) is 10.1. The van der Waals surface area contributed by atoms with Gasteiger partial charge in [-0.2, -0.15) is 0 Å². The molecule has 2 fully saturated rings. The van der Waals surface area contributed by atoms with Gasteiger partial charge in [-0.3, -0.25) is 14.6 Å². The Balaban J connectivity index is 1.55. The number of urea groups is 1. The number of nitrogens with zero attached hydrogens (tertiary/aromatic N) is 5. The lowest BCUT2D eigenvalue weighted by molar-refractivity contribution is -0.677. The standard InChI is InChI=1S/C21H22ClFN5O2/c1-12-10-26-17-18(24-20(26)28(12)13-6-3-4-7-13)25(2)21(30)27(19(17)29)11-14-15(22)8-5-9-16(14)23/h5,8-10,13,17H,3-4,6-7,11H2,1-2H3/q+1. The van der Waals surface area contributed by atoms with E-state index >= 15 is 0 Å². The van der Waals surface area contributed by atoms with E-state index in [0.717, 1.165) is 23.4 Å². The molecule has 1 saturated heterocycles. The van der Waals surface area contributed by atoms with Crippen LogP contribution in [0.3, 0.4) is 0 Å². The summed E-state index contributed by atoms with van der Waals surface area (Å²) in [5, 5.41) is 0.181. The highest BCUT2D eigenvalue weighted by Gasteiger charge is 2.53. The lowest BCUT2D eigenvalue weighted by Crippen LogP contribution is -2.62. The highest BCUT2D eigenvalue weighted by molar-refractivity contribution is 6.31. The molecular formula is C21H22ClFN5O2+. The molecule has 3 aliphatic rings. The number of aryl methyl sites for hydroxylation is 1. The molecule has 3 heterocycles. The Hall–Kier alpha value is -2.74. The van der Waals surface area contributed by atoms with Crippen LogP contribution in [0.2, 0.25) is 5.02 Å². The van der Waals surface area contributed by atoms with E-state index in [2.05, 4.69) is 4.57 Å². The molecule has 2 aromatic rings. The molecule has 2 aliphatic heterocycles. The summed E-state index contributed by atoms with van der Waals surface area (Å²) in [6.45, 7) is 1.79. The smallest absolute Gasteiger partial charge is 0.270 e. The van der Waals surface area contributed by atoms with E-state index in [0.29, 0.717) is 17.8 Å². The van der Waals surface area contributed by atoms with Gasteiger partial charge in [-0.25, -0.2) is 18.3 Å². The predicted octanol–water partition coefficient (Wildman–Crippen LogP) is 3.67. The average molecular weight is 431 g/mol. The van der Waals surface area contributed by atoms with Gasteiger partial charge in [0.05, 0.1) is 12.6 Å². The summed E-state index contributed by atoms with van der Waals surface area (Å²) < 4.78 is 18.3. The SMILES string of the molecule is Cc1c[n+]2c(n1C1CCCC1)N=C1C2C(=O)N(Cc2c(F)cccc2Cl)C(=O)N1C. The highest BCUT2D eigenvalue weighted by atomic mass is 35.5. The van der Waals surface area contributed by atoms with Gasteiger partial charge in [0.15, 0.2) is 0 Å². The van der Waals surface area contributed by atoms with Crippen molar-refractivity contribution in [3.63, 3.8) is 0 Å². The number of imide groups is 1. The van der Waals surface area contributed by atoms with Crippen LogP contribution in [0.15, 0.2) is 29.4 Å². The molecule has 0 N–H and O–H groups in total. The second kappa shape index (κ2) is 6.91. The van der Waals surface area contributed by atoms with Crippen LogP contribution in [0.1, 0.15) is 49.0 Å². The number of benzene rings is 1. The molecule has 1 unspecified atom stereocenters. The molecule has 1 atom stereocenters. The maximum atomic E-state index is 14.3. The number of fused-ring (bicyclic) bond motifs is 3. The van der Waals surface area contributed by atoms with Gasteiger partial charge in [0.25, 0.3) is 5.91 Å². The number of imidazole rings is 1. The van der Waals surface area contributed by atoms with Gasteiger partial charge in [0, 0.05) is 17.6 Å². The third-order valence-electron chi connectivity index (χ3n) is 6.32. The molecule has 0 bridgehead atoms. The summed E-state index contributed by atoms with van der Waals surface area (Å²) in [4.78, 5) is 33.5. The van der Waals surface area contributed by atoms with Gasteiger partial charge in [-0.1, -0.05) is 22.7 Å². The summed E-state index contributed by atoms with van der Waals surface area (Å²) in [5.74, 6) is 0.123. The van der Waals surface area contributed by atoms with Gasteiger partial charge < -0.3 is 0 Å². The van der Waals surface area contributed by atoms with E-state index < -0.39 is 23.8 Å². The molecule has 0 spiro atoms. The van der Waals surface area contributed by atoms with Crippen molar-refractivity contribution in [2.75, 3.05) is 7.05 Å². The fraction of sp³-hybridized carbons (Fsp3) is 0.429. The summed E-state index contributed by atoms with van der Waals surface area (Å²) in [7, 11) is 1.59. The molecule has 9 heteroatoms. The van der Waals surface area contributed by atoms with Gasteiger partial charge in [-0.15, -0.1) is 0 Å². The van der Waals surface area contributed by atoms with E-state index in [1.807, 2.05) is 17.7 Å². The summed E-state index contributed by atoms with van der Waals surface area (Å²) in [6.07, 6.45) is 6.44. The first-order chi connectivity index (χ1) is 14.4. The third kappa shape index (κ3) is 2.70.